The molecule has 1 saturated heterocycles. The Labute approximate surface area is 122 Å². The molecule has 0 unspecified atom stereocenters. The molecule has 2 rings (SSSR count). The summed E-state index contributed by atoms with van der Waals surface area (Å²) in [6.07, 6.45) is 4.86. The standard InChI is InChI=1S/C16H27N3O/c1-13(2)10-15(20)19-8-4-14(5-9-19)18(3)12-16(11-17)6-7-16/h13-14H,4-10,12H2,1-3H3. The maximum atomic E-state index is 12.0. The first-order valence-electron chi connectivity index (χ1n) is 7.85. The number of hydrogen-bond acceptors (Lipinski definition) is 3. The maximum Gasteiger partial charge on any atom is 0.222 e. The second-order valence-corrected chi connectivity index (χ2v) is 7.02. The number of carbonyl (C=O) groups excluding carboxylic acids is 1. The highest BCUT2D eigenvalue weighted by Crippen LogP contribution is 2.45. The van der Waals surface area contributed by atoms with E-state index in [4.69, 9.17) is 0 Å². The number of nitrogens with zero attached hydrogens (tertiary/aromatic N) is 3. The summed E-state index contributed by atoms with van der Waals surface area (Å²) in [6, 6.07) is 3.00. The fourth-order valence-electron chi connectivity index (χ4n) is 3.10. The van der Waals surface area contributed by atoms with E-state index >= 15 is 0 Å². The predicted molar refractivity (Wildman–Crippen MR) is 79.0 cm³/mol. The van der Waals surface area contributed by atoms with E-state index in [-0.39, 0.29) is 5.41 Å². The molecule has 4 nitrogen and oxygen atoms in total. The average Bonchev–Trinajstić information content (AvgIpc) is 3.18. The first-order chi connectivity index (χ1) is 9.46. The summed E-state index contributed by atoms with van der Waals surface area (Å²) in [5.74, 6) is 0.741. The maximum absolute atomic E-state index is 12.0. The summed E-state index contributed by atoms with van der Waals surface area (Å²) >= 11 is 0. The van der Waals surface area contributed by atoms with Crippen LogP contribution in [0.15, 0.2) is 0 Å². The number of rotatable bonds is 5. The van der Waals surface area contributed by atoms with Crippen LogP contribution in [0, 0.1) is 22.7 Å². The van der Waals surface area contributed by atoms with E-state index in [1.807, 2.05) is 4.90 Å². The Balaban J connectivity index is 1.76. The first-order valence-corrected chi connectivity index (χ1v) is 7.85. The highest BCUT2D eigenvalue weighted by Gasteiger charge is 2.44. The molecule has 2 aliphatic rings. The molecular formula is C16H27N3O. The van der Waals surface area contributed by atoms with E-state index in [0.29, 0.717) is 24.3 Å². The van der Waals surface area contributed by atoms with Gasteiger partial charge in [-0.3, -0.25) is 4.79 Å². The lowest BCUT2D eigenvalue weighted by Crippen LogP contribution is -2.46. The second kappa shape index (κ2) is 6.13. The highest BCUT2D eigenvalue weighted by atomic mass is 16.2. The third-order valence-corrected chi connectivity index (χ3v) is 4.67. The molecule has 0 radical (unpaired) electrons. The molecule has 112 valence electrons. The van der Waals surface area contributed by atoms with Gasteiger partial charge in [-0.05, 0) is 38.6 Å². The second-order valence-electron chi connectivity index (χ2n) is 7.02. The van der Waals surface area contributed by atoms with Crippen molar-refractivity contribution in [2.24, 2.45) is 11.3 Å². The molecule has 0 aromatic heterocycles. The van der Waals surface area contributed by atoms with Crippen LogP contribution >= 0.6 is 0 Å². The summed E-state index contributed by atoms with van der Waals surface area (Å²) in [7, 11) is 2.13. The normalized spacial score (nSPS) is 22.1. The lowest BCUT2D eigenvalue weighted by atomic mass is 10.00. The summed E-state index contributed by atoms with van der Waals surface area (Å²) in [4.78, 5) is 16.4. The van der Waals surface area contributed by atoms with Gasteiger partial charge >= 0.3 is 0 Å². The van der Waals surface area contributed by atoms with Crippen molar-refractivity contribution >= 4 is 5.91 Å². The van der Waals surface area contributed by atoms with Crippen LogP contribution in [0.1, 0.15) is 46.0 Å². The monoisotopic (exact) mass is 277 g/mol. The molecule has 1 amide bonds. The summed E-state index contributed by atoms with van der Waals surface area (Å²) in [5.41, 5.74) is -0.0562. The van der Waals surface area contributed by atoms with Gasteiger partial charge in [0.15, 0.2) is 0 Å². The lowest BCUT2D eigenvalue weighted by molar-refractivity contribution is -0.133. The van der Waals surface area contributed by atoms with E-state index in [1.54, 1.807) is 0 Å². The number of amides is 1. The SMILES string of the molecule is CC(C)CC(=O)N1CCC(N(C)CC2(C#N)CC2)CC1. The van der Waals surface area contributed by atoms with Gasteiger partial charge in [0.05, 0.1) is 11.5 Å². The molecule has 0 atom stereocenters. The molecule has 1 heterocycles. The molecule has 4 heteroatoms. The Morgan fingerprint density at radius 3 is 2.45 bits per heavy atom. The van der Waals surface area contributed by atoms with Crippen molar-refractivity contribution in [1.29, 1.82) is 5.26 Å². The van der Waals surface area contributed by atoms with E-state index in [2.05, 4.69) is 31.9 Å². The number of carbonyl (C=O) groups is 1. The average molecular weight is 277 g/mol. The molecule has 0 bridgehead atoms. The fraction of sp³-hybridized carbons (Fsp3) is 0.875. The molecule has 1 saturated carbocycles. The molecule has 2 fully saturated rings. The number of piperidine rings is 1. The van der Waals surface area contributed by atoms with Gasteiger partial charge in [0.25, 0.3) is 0 Å². The fourth-order valence-corrected chi connectivity index (χ4v) is 3.10. The Morgan fingerprint density at radius 1 is 1.40 bits per heavy atom. The molecule has 1 aliphatic heterocycles. The summed E-state index contributed by atoms with van der Waals surface area (Å²) < 4.78 is 0. The topological polar surface area (TPSA) is 47.3 Å². The minimum absolute atomic E-state index is 0.0562. The van der Waals surface area contributed by atoms with Crippen LogP contribution in [0.25, 0.3) is 0 Å². The van der Waals surface area contributed by atoms with Crippen LogP contribution < -0.4 is 0 Å². The third kappa shape index (κ3) is 3.73. The summed E-state index contributed by atoms with van der Waals surface area (Å²) in [6.45, 7) is 6.83. The van der Waals surface area contributed by atoms with Crippen molar-refractivity contribution in [3.63, 3.8) is 0 Å². The van der Waals surface area contributed by atoms with E-state index in [0.717, 1.165) is 45.3 Å². The van der Waals surface area contributed by atoms with Gasteiger partial charge in [-0.25, -0.2) is 0 Å². The van der Waals surface area contributed by atoms with Crippen molar-refractivity contribution in [2.45, 2.75) is 52.0 Å². The number of nitriles is 1. The smallest absolute Gasteiger partial charge is 0.222 e. The van der Waals surface area contributed by atoms with Crippen molar-refractivity contribution in [2.75, 3.05) is 26.7 Å². The van der Waals surface area contributed by atoms with Crippen LogP contribution in [0.3, 0.4) is 0 Å². The van der Waals surface area contributed by atoms with Gasteiger partial charge in [-0.1, -0.05) is 13.8 Å². The quantitative estimate of drug-likeness (QED) is 0.774. The van der Waals surface area contributed by atoms with Gasteiger partial charge in [0, 0.05) is 32.1 Å². The third-order valence-electron chi connectivity index (χ3n) is 4.67. The minimum atomic E-state index is -0.0562. The lowest BCUT2D eigenvalue weighted by Gasteiger charge is -2.37. The van der Waals surface area contributed by atoms with Crippen molar-refractivity contribution in [1.82, 2.24) is 9.80 Å². The van der Waals surface area contributed by atoms with Gasteiger partial charge < -0.3 is 9.80 Å². The van der Waals surface area contributed by atoms with Gasteiger partial charge in [0.1, 0.15) is 0 Å². The molecule has 20 heavy (non-hydrogen) atoms. The highest BCUT2D eigenvalue weighted by molar-refractivity contribution is 5.76. The van der Waals surface area contributed by atoms with Gasteiger partial charge in [0.2, 0.25) is 5.91 Å². The van der Waals surface area contributed by atoms with Crippen LogP contribution in [0.5, 0.6) is 0 Å². The Hall–Kier alpha value is -1.08. The summed E-state index contributed by atoms with van der Waals surface area (Å²) in [5, 5.41) is 9.17. The van der Waals surface area contributed by atoms with Crippen molar-refractivity contribution < 1.29 is 4.79 Å². The Bertz CT molecular complexity index is 387. The van der Waals surface area contributed by atoms with Crippen LogP contribution in [-0.2, 0) is 4.79 Å². The largest absolute Gasteiger partial charge is 0.343 e. The Morgan fingerprint density at radius 2 is 2.00 bits per heavy atom. The van der Waals surface area contributed by atoms with Gasteiger partial charge in [-0.15, -0.1) is 0 Å². The minimum Gasteiger partial charge on any atom is -0.343 e. The number of likely N-dealkylation sites (tertiary alicyclic amines) is 1. The van der Waals surface area contributed by atoms with Crippen molar-refractivity contribution in [3.8, 4) is 6.07 Å². The first kappa shape index (κ1) is 15.3. The molecule has 0 aromatic rings. The van der Waals surface area contributed by atoms with E-state index in [9.17, 15) is 10.1 Å². The van der Waals surface area contributed by atoms with E-state index in [1.165, 1.54) is 0 Å². The van der Waals surface area contributed by atoms with Crippen molar-refractivity contribution in [3.05, 3.63) is 0 Å². The zero-order valence-corrected chi connectivity index (χ0v) is 13.1. The molecular weight excluding hydrogens is 250 g/mol. The van der Waals surface area contributed by atoms with E-state index < -0.39 is 0 Å². The number of hydrogen-bond donors (Lipinski definition) is 0. The predicted octanol–water partition coefficient (Wildman–Crippen LogP) is 2.26. The molecule has 0 N–H and O–H groups in total. The molecule has 0 spiro atoms. The zero-order valence-electron chi connectivity index (χ0n) is 13.1. The molecule has 0 aromatic carbocycles. The van der Waals surface area contributed by atoms with Gasteiger partial charge in [-0.2, -0.15) is 5.26 Å². The van der Waals surface area contributed by atoms with Crippen LogP contribution in [0.2, 0.25) is 0 Å². The zero-order chi connectivity index (χ0) is 14.8. The Kier molecular flexibility index (Phi) is 4.70. The van der Waals surface area contributed by atoms with Crippen LogP contribution in [-0.4, -0.2) is 48.4 Å². The van der Waals surface area contributed by atoms with Crippen LogP contribution in [0.4, 0.5) is 0 Å². The molecule has 1 aliphatic carbocycles.